The highest BCUT2D eigenvalue weighted by Gasteiger charge is 2.50. The minimum atomic E-state index is -4.80. The Morgan fingerprint density at radius 2 is 1.76 bits per heavy atom. The quantitative estimate of drug-likeness (QED) is 0.433. The van der Waals surface area contributed by atoms with Gasteiger partial charge in [-0.2, -0.15) is 13.2 Å². The fourth-order valence-electron chi connectivity index (χ4n) is 3.43. The van der Waals surface area contributed by atoms with Crippen molar-refractivity contribution in [2.75, 3.05) is 17.5 Å². The lowest BCUT2D eigenvalue weighted by Crippen LogP contribution is -2.51. The molecule has 0 aromatic heterocycles. The highest BCUT2D eigenvalue weighted by Crippen LogP contribution is 2.41. The number of hydrogen-bond donors (Lipinski definition) is 3. The number of alkyl halides is 3. The van der Waals surface area contributed by atoms with Gasteiger partial charge in [0.1, 0.15) is 11.9 Å². The average Bonchev–Trinajstić information content (AvgIpc) is 2.76. The number of ether oxygens (including phenoxy) is 1. The molecule has 1 heterocycles. The Morgan fingerprint density at radius 1 is 1.12 bits per heavy atom. The number of carboxylic acid groups (broad SMARTS) is 2. The summed E-state index contributed by atoms with van der Waals surface area (Å²) in [5.74, 6) is -3.79. The van der Waals surface area contributed by atoms with Crippen molar-refractivity contribution in [3.05, 3.63) is 52.5 Å². The van der Waals surface area contributed by atoms with E-state index in [-0.39, 0.29) is 11.4 Å². The lowest BCUT2D eigenvalue weighted by Gasteiger charge is -2.37. The molecule has 0 unspecified atom stereocenters. The highest BCUT2D eigenvalue weighted by molar-refractivity contribution is 9.10. The van der Waals surface area contributed by atoms with E-state index in [9.17, 15) is 46.5 Å². The Kier molecular flexibility index (Phi) is 6.88. The van der Waals surface area contributed by atoms with Crippen LogP contribution in [0.25, 0.3) is 0 Å². The van der Waals surface area contributed by atoms with E-state index in [0.717, 1.165) is 16.4 Å². The third kappa shape index (κ3) is 4.70. The number of nitrogens with zero attached hydrogens (tertiary/aromatic N) is 1. The first-order valence-electron chi connectivity index (χ1n) is 9.46. The van der Waals surface area contributed by atoms with Crippen molar-refractivity contribution in [2.24, 2.45) is 5.41 Å². The molecule has 0 radical (unpaired) electrons. The molecule has 0 aliphatic carbocycles. The van der Waals surface area contributed by atoms with Gasteiger partial charge in [0.15, 0.2) is 5.41 Å². The topological polar surface area (TPSA) is 141 Å². The second kappa shape index (κ2) is 9.07. The maximum absolute atomic E-state index is 13.4. The SMILES string of the molecule is O=C(O)C(CO)(C[C@H]1CN(S(=O)(=O)c2cccc(C(F)(F)F)c2)c2cc(Br)ccc2O1)C(=O)O. The van der Waals surface area contributed by atoms with Gasteiger partial charge in [0, 0.05) is 10.9 Å². The Balaban J connectivity index is 2.10. The van der Waals surface area contributed by atoms with Gasteiger partial charge in [-0.1, -0.05) is 22.0 Å². The Labute approximate surface area is 199 Å². The van der Waals surface area contributed by atoms with E-state index in [2.05, 4.69) is 15.9 Å². The molecule has 2 aromatic rings. The zero-order valence-corrected chi connectivity index (χ0v) is 19.4. The van der Waals surface area contributed by atoms with Gasteiger partial charge in [0.05, 0.1) is 29.3 Å². The highest BCUT2D eigenvalue weighted by atomic mass is 79.9. The number of carboxylic acids is 2. The van der Waals surface area contributed by atoms with Crippen molar-refractivity contribution in [1.82, 2.24) is 0 Å². The number of fused-ring (bicyclic) bond motifs is 1. The molecule has 1 aliphatic heterocycles. The first-order chi connectivity index (χ1) is 15.7. The predicted molar refractivity (Wildman–Crippen MR) is 114 cm³/mol. The summed E-state index contributed by atoms with van der Waals surface area (Å²) in [6.07, 6.45) is -6.99. The molecule has 1 atom stereocenters. The van der Waals surface area contributed by atoms with E-state index in [1.165, 1.54) is 18.2 Å². The summed E-state index contributed by atoms with van der Waals surface area (Å²) in [6.45, 7) is -1.92. The minimum Gasteiger partial charge on any atom is -0.486 e. The molecule has 2 aromatic carbocycles. The van der Waals surface area contributed by atoms with Crippen molar-refractivity contribution in [3.63, 3.8) is 0 Å². The number of hydrogen-bond acceptors (Lipinski definition) is 6. The second-order valence-electron chi connectivity index (χ2n) is 7.47. The molecule has 3 rings (SSSR count). The van der Waals surface area contributed by atoms with E-state index < -0.39 is 69.7 Å². The van der Waals surface area contributed by atoms with Crippen LogP contribution >= 0.6 is 15.9 Å². The molecular weight excluding hydrogens is 551 g/mol. The van der Waals surface area contributed by atoms with Gasteiger partial charge in [-0.3, -0.25) is 13.9 Å². The van der Waals surface area contributed by atoms with Crippen LogP contribution in [-0.2, 0) is 25.8 Å². The van der Waals surface area contributed by atoms with Crippen molar-refractivity contribution < 1.29 is 51.2 Å². The zero-order valence-electron chi connectivity index (χ0n) is 17.0. The van der Waals surface area contributed by atoms with Crippen LogP contribution in [0.3, 0.4) is 0 Å². The predicted octanol–water partition coefficient (Wildman–Crippen LogP) is 2.96. The molecule has 3 N–H and O–H groups in total. The number of anilines is 1. The van der Waals surface area contributed by atoms with Crippen LogP contribution in [0.5, 0.6) is 5.75 Å². The number of carbonyl (C=O) groups is 2. The summed E-state index contributed by atoms with van der Waals surface area (Å²) < 4.78 is 73.0. The monoisotopic (exact) mass is 567 g/mol. The van der Waals surface area contributed by atoms with E-state index in [0.29, 0.717) is 16.6 Å². The molecule has 9 nitrogen and oxygen atoms in total. The summed E-state index contributed by atoms with van der Waals surface area (Å²) in [7, 11) is -4.64. The first kappa shape index (κ1) is 25.8. The molecule has 0 bridgehead atoms. The molecule has 14 heteroatoms. The van der Waals surface area contributed by atoms with Crippen LogP contribution < -0.4 is 9.04 Å². The summed E-state index contributed by atoms with van der Waals surface area (Å²) in [6, 6.07) is 7.22. The normalized spacial score (nSPS) is 16.5. The summed E-state index contributed by atoms with van der Waals surface area (Å²) in [5.41, 5.74) is -3.93. The molecule has 0 spiro atoms. The van der Waals surface area contributed by atoms with Crippen LogP contribution in [0, 0.1) is 5.41 Å². The van der Waals surface area contributed by atoms with E-state index in [1.807, 2.05) is 0 Å². The van der Waals surface area contributed by atoms with Crippen molar-refractivity contribution in [3.8, 4) is 5.75 Å². The smallest absolute Gasteiger partial charge is 0.416 e. The third-order valence-electron chi connectivity index (χ3n) is 5.27. The maximum atomic E-state index is 13.4. The largest absolute Gasteiger partial charge is 0.486 e. The van der Waals surface area contributed by atoms with E-state index in [4.69, 9.17) is 4.74 Å². The van der Waals surface area contributed by atoms with Gasteiger partial charge in [-0.05, 0) is 36.4 Å². The number of halogens is 4. The molecule has 1 aliphatic rings. The fraction of sp³-hybridized carbons (Fsp3) is 0.300. The Morgan fingerprint density at radius 3 is 2.32 bits per heavy atom. The van der Waals surface area contributed by atoms with Crippen molar-refractivity contribution in [2.45, 2.75) is 23.6 Å². The molecule has 0 fully saturated rings. The minimum absolute atomic E-state index is 0.0525. The standard InChI is InChI=1S/C20H17BrF3NO8S/c21-12-4-5-16-15(7-12)25(9-13(33-16)8-19(10-26,17(27)28)18(29)30)34(31,32)14-3-1-2-11(6-14)20(22,23)24/h1-7,13,26H,8-10H2,(H,27,28)(H,29,30)/t13-/m0/s1. The second-order valence-corrected chi connectivity index (χ2v) is 10.2. The van der Waals surface area contributed by atoms with Crippen molar-refractivity contribution in [1.29, 1.82) is 0 Å². The van der Waals surface area contributed by atoms with E-state index in [1.54, 1.807) is 0 Å². The van der Waals surface area contributed by atoms with Gasteiger partial charge in [-0.15, -0.1) is 0 Å². The van der Waals surface area contributed by atoms with Gasteiger partial charge in [0.25, 0.3) is 10.0 Å². The number of aliphatic carboxylic acids is 2. The van der Waals surface area contributed by atoms with Crippen LogP contribution in [0.15, 0.2) is 51.8 Å². The van der Waals surface area contributed by atoms with Crippen LogP contribution in [0.1, 0.15) is 12.0 Å². The van der Waals surface area contributed by atoms with Gasteiger partial charge in [-0.25, -0.2) is 8.42 Å². The first-order valence-corrected chi connectivity index (χ1v) is 11.7. The lowest BCUT2D eigenvalue weighted by molar-refractivity contribution is -0.170. The Bertz CT molecular complexity index is 1220. The van der Waals surface area contributed by atoms with Crippen LogP contribution in [0.2, 0.25) is 0 Å². The summed E-state index contributed by atoms with van der Waals surface area (Å²) >= 11 is 3.18. The zero-order chi connectivity index (χ0) is 25.5. The number of sulfonamides is 1. The summed E-state index contributed by atoms with van der Waals surface area (Å²) in [4.78, 5) is 22.6. The molecule has 0 saturated heterocycles. The molecular formula is C20H17BrF3NO8S. The molecule has 0 saturated carbocycles. The average molecular weight is 568 g/mol. The van der Waals surface area contributed by atoms with Gasteiger partial charge in [0.2, 0.25) is 0 Å². The number of aliphatic hydroxyl groups is 1. The number of benzene rings is 2. The number of aliphatic hydroxyl groups excluding tert-OH is 1. The maximum Gasteiger partial charge on any atom is 0.416 e. The van der Waals surface area contributed by atoms with Gasteiger partial charge >= 0.3 is 18.1 Å². The van der Waals surface area contributed by atoms with Crippen molar-refractivity contribution >= 4 is 43.6 Å². The molecule has 34 heavy (non-hydrogen) atoms. The lowest BCUT2D eigenvalue weighted by atomic mass is 9.82. The van der Waals surface area contributed by atoms with Gasteiger partial charge < -0.3 is 20.1 Å². The van der Waals surface area contributed by atoms with Crippen LogP contribution in [0.4, 0.5) is 18.9 Å². The summed E-state index contributed by atoms with van der Waals surface area (Å²) in [5, 5.41) is 28.4. The van der Waals surface area contributed by atoms with E-state index >= 15 is 0 Å². The number of rotatable bonds is 7. The molecule has 0 amide bonds. The third-order valence-corrected chi connectivity index (χ3v) is 7.54. The Hall–Kier alpha value is -2.84. The van der Waals surface area contributed by atoms with Crippen LogP contribution in [-0.4, -0.2) is 54.9 Å². The fourth-order valence-corrected chi connectivity index (χ4v) is 5.33. The molecule has 184 valence electrons.